The number of fused-ring (bicyclic) bond motifs is 12. The van der Waals surface area contributed by atoms with Gasteiger partial charge in [-0.3, -0.25) is 0 Å². The standard InChI is InChI=1S/C21H9NS4/c1-5-23-18-10(1)12-3-7-25-20(12)16-14(18)9-15-17(22-16)21-13(4-8-26-21)11-2-6-24-19(11)15/h1-9H. The molecule has 0 amide bonds. The maximum Gasteiger partial charge on any atom is 0.0903 e. The molecule has 0 aliphatic carbocycles. The summed E-state index contributed by atoms with van der Waals surface area (Å²) in [6.45, 7) is 0. The lowest BCUT2D eigenvalue weighted by Gasteiger charge is -2.07. The molecule has 5 heterocycles. The number of aromatic nitrogens is 1. The van der Waals surface area contributed by atoms with Crippen LogP contribution in [0, 0.1) is 0 Å². The SMILES string of the molecule is c1cc2c3ccsc3c3nc4c(cc3c2s1)c1sccc1c1ccsc14. The van der Waals surface area contributed by atoms with Crippen LogP contribution in [0.25, 0.3) is 62.2 Å². The van der Waals surface area contributed by atoms with Crippen molar-refractivity contribution in [1.82, 2.24) is 4.98 Å². The summed E-state index contributed by atoms with van der Waals surface area (Å²) < 4.78 is 5.33. The molecule has 2 aromatic carbocycles. The monoisotopic (exact) mass is 403 g/mol. The molecule has 0 aliphatic heterocycles. The van der Waals surface area contributed by atoms with E-state index in [1.54, 1.807) is 22.7 Å². The van der Waals surface area contributed by atoms with Crippen LogP contribution < -0.4 is 0 Å². The highest BCUT2D eigenvalue weighted by Crippen LogP contribution is 2.44. The van der Waals surface area contributed by atoms with Gasteiger partial charge in [0.05, 0.1) is 20.4 Å². The summed E-state index contributed by atoms with van der Waals surface area (Å²) in [6, 6.07) is 11.4. The van der Waals surface area contributed by atoms with E-state index in [0.717, 1.165) is 11.0 Å². The lowest BCUT2D eigenvalue weighted by Crippen LogP contribution is -1.85. The van der Waals surface area contributed by atoms with Gasteiger partial charge in [-0.15, -0.1) is 45.3 Å². The molecule has 0 radical (unpaired) electrons. The van der Waals surface area contributed by atoms with E-state index >= 15 is 0 Å². The highest BCUT2D eigenvalue weighted by molar-refractivity contribution is 7.21. The van der Waals surface area contributed by atoms with E-state index in [9.17, 15) is 0 Å². The number of rotatable bonds is 0. The lowest BCUT2D eigenvalue weighted by atomic mass is 10.0. The summed E-state index contributed by atoms with van der Waals surface area (Å²) in [5, 5.41) is 16.8. The number of hydrogen-bond donors (Lipinski definition) is 0. The molecule has 0 bridgehead atoms. The summed E-state index contributed by atoms with van der Waals surface area (Å²) >= 11 is 7.26. The van der Waals surface area contributed by atoms with Gasteiger partial charge in [0.2, 0.25) is 0 Å². The second-order valence-electron chi connectivity index (χ2n) is 6.43. The Balaban J connectivity index is 1.88. The molecule has 0 spiro atoms. The predicted molar refractivity (Wildman–Crippen MR) is 121 cm³/mol. The van der Waals surface area contributed by atoms with Gasteiger partial charge >= 0.3 is 0 Å². The molecule has 26 heavy (non-hydrogen) atoms. The molecule has 1 nitrogen and oxygen atoms in total. The van der Waals surface area contributed by atoms with Crippen LogP contribution >= 0.6 is 45.3 Å². The molecule has 7 rings (SSSR count). The smallest absolute Gasteiger partial charge is 0.0903 e. The first-order chi connectivity index (χ1) is 12.9. The van der Waals surface area contributed by atoms with Crippen molar-refractivity contribution in [3.8, 4) is 0 Å². The Hall–Kier alpha value is -2.05. The van der Waals surface area contributed by atoms with Gasteiger partial charge in [0.25, 0.3) is 0 Å². The normalized spacial score (nSPS) is 12.6. The Morgan fingerprint density at radius 3 is 1.31 bits per heavy atom. The predicted octanol–water partition coefficient (Wildman–Crippen LogP) is 8.25. The second-order valence-corrected chi connectivity index (χ2v) is 10.1. The molecule has 0 atom stereocenters. The van der Waals surface area contributed by atoms with Crippen LogP contribution in [0.3, 0.4) is 0 Å². The number of hydrogen-bond acceptors (Lipinski definition) is 5. The molecule has 7 aromatic rings. The van der Waals surface area contributed by atoms with Gasteiger partial charge in [-0.2, -0.15) is 0 Å². The van der Waals surface area contributed by atoms with Crippen molar-refractivity contribution in [3.63, 3.8) is 0 Å². The minimum Gasteiger partial charge on any atom is -0.245 e. The first kappa shape index (κ1) is 14.1. The molecular formula is C21H9NS4. The van der Waals surface area contributed by atoms with E-state index in [1.165, 1.54) is 51.1 Å². The molecule has 0 aliphatic rings. The molecule has 0 saturated carbocycles. The maximum absolute atomic E-state index is 5.27. The summed E-state index contributed by atoms with van der Waals surface area (Å²) in [7, 11) is 0. The van der Waals surface area contributed by atoms with E-state index in [1.807, 2.05) is 22.7 Å². The molecule has 0 unspecified atom stereocenters. The van der Waals surface area contributed by atoms with E-state index in [-0.39, 0.29) is 0 Å². The van der Waals surface area contributed by atoms with Crippen molar-refractivity contribution in [3.05, 3.63) is 51.9 Å². The van der Waals surface area contributed by atoms with Crippen LogP contribution in [0.4, 0.5) is 0 Å². The van der Waals surface area contributed by atoms with Crippen LogP contribution in [0.15, 0.2) is 51.9 Å². The third kappa shape index (κ3) is 1.59. The van der Waals surface area contributed by atoms with Crippen molar-refractivity contribution < 1.29 is 0 Å². The number of pyridine rings is 1. The fourth-order valence-corrected chi connectivity index (χ4v) is 7.76. The molecular weight excluding hydrogens is 395 g/mol. The highest BCUT2D eigenvalue weighted by atomic mass is 32.1. The molecule has 0 fully saturated rings. The van der Waals surface area contributed by atoms with Gasteiger partial charge < -0.3 is 0 Å². The lowest BCUT2D eigenvalue weighted by molar-refractivity contribution is 1.57. The molecule has 0 N–H and O–H groups in total. The molecule has 5 aromatic heterocycles. The van der Waals surface area contributed by atoms with Crippen molar-refractivity contribution in [2.45, 2.75) is 0 Å². The largest absolute Gasteiger partial charge is 0.245 e. The van der Waals surface area contributed by atoms with E-state index in [2.05, 4.69) is 51.9 Å². The summed E-state index contributed by atoms with van der Waals surface area (Å²) in [4.78, 5) is 5.27. The summed E-state index contributed by atoms with van der Waals surface area (Å²) in [5.41, 5.74) is 2.31. The fraction of sp³-hybridized carbons (Fsp3) is 0. The third-order valence-corrected chi connectivity index (χ3v) is 8.92. The van der Waals surface area contributed by atoms with Crippen LogP contribution in [0.2, 0.25) is 0 Å². The van der Waals surface area contributed by atoms with Crippen LogP contribution in [0.1, 0.15) is 0 Å². The van der Waals surface area contributed by atoms with Gasteiger partial charge in [-0.25, -0.2) is 4.98 Å². The number of thiophene rings is 4. The first-order valence-electron chi connectivity index (χ1n) is 8.27. The zero-order chi connectivity index (χ0) is 16.8. The zero-order valence-corrected chi connectivity index (χ0v) is 16.5. The van der Waals surface area contributed by atoms with Crippen LogP contribution in [-0.2, 0) is 0 Å². The fourth-order valence-electron chi connectivity index (χ4n) is 4.08. The van der Waals surface area contributed by atoms with Crippen molar-refractivity contribution in [2.24, 2.45) is 0 Å². The number of benzene rings is 2. The summed E-state index contributed by atoms with van der Waals surface area (Å²) in [6.07, 6.45) is 0. The van der Waals surface area contributed by atoms with E-state index in [4.69, 9.17) is 4.98 Å². The third-order valence-electron chi connectivity index (χ3n) is 5.18. The van der Waals surface area contributed by atoms with Crippen LogP contribution in [-0.4, -0.2) is 4.98 Å². The summed E-state index contributed by atoms with van der Waals surface area (Å²) in [5.74, 6) is 0. The minimum atomic E-state index is 1.16. The average Bonchev–Trinajstić information content (AvgIpc) is 3.46. The Morgan fingerprint density at radius 2 is 0.846 bits per heavy atom. The van der Waals surface area contributed by atoms with Gasteiger partial charge in [0.15, 0.2) is 0 Å². The van der Waals surface area contributed by atoms with Gasteiger partial charge in [-0.05, 0) is 51.9 Å². The van der Waals surface area contributed by atoms with Gasteiger partial charge in [0, 0.05) is 41.7 Å². The Morgan fingerprint density at radius 1 is 0.462 bits per heavy atom. The molecule has 122 valence electrons. The molecule has 0 saturated heterocycles. The highest BCUT2D eigenvalue weighted by Gasteiger charge is 2.17. The van der Waals surface area contributed by atoms with E-state index < -0.39 is 0 Å². The Bertz CT molecular complexity index is 1400. The average molecular weight is 404 g/mol. The first-order valence-corrected chi connectivity index (χ1v) is 11.8. The van der Waals surface area contributed by atoms with Gasteiger partial charge in [0.1, 0.15) is 0 Å². The van der Waals surface area contributed by atoms with Crippen molar-refractivity contribution in [1.29, 1.82) is 0 Å². The second kappa shape index (κ2) is 4.81. The Kier molecular flexibility index (Phi) is 2.60. The van der Waals surface area contributed by atoms with Crippen LogP contribution in [0.5, 0.6) is 0 Å². The minimum absolute atomic E-state index is 1.16. The van der Waals surface area contributed by atoms with E-state index in [0.29, 0.717) is 0 Å². The van der Waals surface area contributed by atoms with Crippen molar-refractivity contribution in [2.75, 3.05) is 0 Å². The topological polar surface area (TPSA) is 12.9 Å². The maximum atomic E-state index is 5.27. The van der Waals surface area contributed by atoms with Gasteiger partial charge in [-0.1, -0.05) is 0 Å². The Labute approximate surface area is 163 Å². The quantitative estimate of drug-likeness (QED) is 0.232. The van der Waals surface area contributed by atoms with Crippen molar-refractivity contribution >= 4 is 107 Å². The number of nitrogens with zero attached hydrogens (tertiary/aromatic N) is 1. The molecule has 5 heteroatoms. The zero-order valence-electron chi connectivity index (χ0n) is 13.3.